The molecule has 0 N–H and O–H groups in total. The lowest BCUT2D eigenvalue weighted by molar-refractivity contribution is 0.270. The maximum Gasteiger partial charge on any atom is 0.0163 e. The minimum atomic E-state index is 0.807. The third-order valence-electron chi connectivity index (χ3n) is 2.00. The van der Waals surface area contributed by atoms with Crippen LogP contribution in [-0.2, 0) is 0 Å². The van der Waals surface area contributed by atoms with E-state index in [2.05, 4.69) is 30.9 Å². The molecule has 1 rings (SSSR count). The second kappa shape index (κ2) is 4.55. The van der Waals surface area contributed by atoms with Crippen LogP contribution in [0.5, 0.6) is 0 Å². The van der Waals surface area contributed by atoms with E-state index >= 15 is 0 Å². The van der Waals surface area contributed by atoms with Gasteiger partial charge in [0.1, 0.15) is 0 Å². The van der Waals surface area contributed by atoms with Crippen LogP contribution >= 0.6 is 0 Å². The molecule has 0 radical (unpaired) electrons. The number of allylic oxidation sites excluding steroid dienone is 1. The third-order valence-corrected chi connectivity index (χ3v) is 2.00. The molecule has 0 bridgehead atoms. The van der Waals surface area contributed by atoms with Crippen molar-refractivity contribution in [2.75, 3.05) is 19.6 Å². The van der Waals surface area contributed by atoms with Gasteiger partial charge < -0.3 is 0 Å². The van der Waals surface area contributed by atoms with Crippen molar-refractivity contribution in [1.29, 1.82) is 0 Å². The quantitative estimate of drug-likeness (QED) is 0.550. The van der Waals surface area contributed by atoms with Crippen molar-refractivity contribution < 1.29 is 0 Å². The summed E-state index contributed by atoms with van der Waals surface area (Å²) >= 11 is 0. The summed E-state index contributed by atoms with van der Waals surface area (Å²) in [6.07, 6.45) is 7.22. The normalized spacial score (nSPS) is 20.6. The number of hydrogen-bond donors (Lipinski definition) is 0. The fraction of sp³-hybridized carbons (Fsp3) is 0.800. The summed E-state index contributed by atoms with van der Waals surface area (Å²) in [6, 6.07) is 0. The van der Waals surface area contributed by atoms with Gasteiger partial charge >= 0.3 is 0 Å². The summed E-state index contributed by atoms with van der Waals surface area (Å²) in [7, 11) is 0. The minimum Gasteiger partial charge on any atom is -0.299 e. The molecule has 1 aliphatic heterocycles. The van der Waals surface area contributed by atoms with Crippen LogP contribution in [0.1, 0.15) is 26.7 Å². The lowest BCUT2D eigenvalue weighted by Crippen LogP contribution is -2.28. The Morgan fingerprint density at radius 3 is 2.91 bits per heavy atom. The number of nitrogens with zero attached hydrogens (tertiary/aromatic N) is 1. The Balaban J connectivity index is 2.26. The first kappa shape index (κ1) is 8.79. The van der Waals surface area contributed by atoms with Gasteiger partial charge in [-0.05, 0) is 25.3 Å². The summed E-state index contributed by atoms with van der Waals surface area (Å²) in [4.78, 5) is 2.54. The van der Waals surface area contributed by atoms with Crippen LogP contribution in [0.15, 0.2) is 12.2 Å². The molecule has 0 amide bonds. The van der Waals surface area contributed by atoms with Crippen molar-refractivity contribution in [1.82, 2.24) is 4.90 Å². The topological polar surface area (TPSA) is 3.24 Å². The smallest absolute Gasteiger partial charge is 0.0163 e. The van der Waals surface area contributed by atoms with E-state index in [1.54, 1.807) is 0 Å². The molecule has 1 heterocycles. The molecule has 1 heteroatoms. The summed E-state index contributed by atoms with van der Waals surface area (Å²) in [5.74, 6) is 0.807. The van der Waals surface area contributed by atoms with Gasteiger partial charge in [0.15, 0.2) is 0 Å². The van der Waals surface area contributed by atoms with E-state index in [9.17, 15) is 0 Å². The van der Waals surface area contributed by atoms with Gasteiger partial charge in [-0.15, -0.1) is 0 Å². The molecule has 0 atom stereocenters. The van der Waals surface area contributed by atoms with Crippen molar-refractivity contribution >= 4 is 0 Å². The number of rotatable bonds is 2. The second-order valence-electron chi connectivity index (χ2n) is 3.77. The van der Waals surface area contributed by atoms with Crippen LogP contribution in [0.2, 0.25) is 0 Å². The van der Waals surface area contributed by atoms with Gasteiger partial charge in [0.05, 0.1) is 0 Å². The fourth-order valence-corrected chi connectivity index (χ4v) is 1.55. The molecule has 64 valence electrons. The molecular weight excluding hydrogens is 134 g/mol. The molecule has 0 fully saturated rings. The Hall–Kier alpha value is -0.300. The Kier molecular flexibility index (Phi) is 3.64. The SMILES string of the molecule is CC(C)CN1CC=CCCC1. The zero-order chi connectivity index (χ0) is 8.10. The van der Waals surface area contributed by atoms with Crippen molar-refractivity contribution in [2.45, 2.75) is 26.7 Å². The highest BCUT2D eigenvalue weighted by Crippen LogP contribution is 2.05. The van der Waals surface area contributed by atoms with Crippen LogP contribution in [-0.4, -0.2) is 24.5 Å². The molecule has 0 unspecified atom stereocenters. The van der Waals surface area contributed by atoms with Gasteiger partial charge in [-0.2, -0.15) is 0 Å². The van der Waals surface area contributed by atoms with Gasteiger partial charge in [0, 0.05) is 13.1 Å². The van der Waals surface area contributed by atoms with E-state index in [1.165, 1.54) is 25.9 Å². The van der Waals surface area contributed by atoms with Crippen LogP contribution in [0.3, 0.4) is 0 Å². The lowest BCUT2D eigenvalue weighted by Gasteiger charge is -2.20. The van der Waals surface area contributed by atoms with E-state index in [1.807, 2.05) is 0 Å². The van der Waals surface area contributed by atoms with E-state index in [-0.39, 0.29) is 0 Å². The molecule has 0 aromatic rings. The van der Waals surface area contributed by atoms with Crippen molar-refractivity contribution in [3.8, 4) is 0 Å². The minimum absolute atomic E-state index is 0.807. The summed E-state index contributed by atoms with van der Waals surface area (Å²) < 4.78 is 0. The molecule has 0 spiro atoms. The zero-order valence-corrected chi connectivity index (χ0v) is 7.71. The largest absolute Gasteiger partial charge is 0.299 e. The standard InChI is InChI=1S/C10H19N/c1-10(2)9-11-7-5-3-4-6-8-11/h3,5,10H,4,6-9H2,1-2H3. The summed E-state index contributed by atoms with van der Waals surface area (Å²) in [5, 5.41) is 0. The monoisotopic (exact) mass is 153 g/mol. The van der Waals surface area contributed by atoms with E-state index in [0.29, 0.717) is 0 Å². The molecule has 0 saturated heterocycles. The molecule has 11 heavy (non-hydrogen) atoms. The van der Waals surface area contributed by atoms with Crippen molar-refractivity contribution in [3.63, 3.8) is 0 Å². The molecule has 1 nitrogen and oxygen atoms in total. The highest BCUT2D eigenvalue weighted by atomic mass is 15.1. The number of hydrogen-bond acceptors (Lipinski definition) is 1. The molecule has 0 aromatic carbocycles. The summed E-state index contributed by atoms with van der Waals surface area (Å²) in [5.41, 5.74) is 0. The predicted octanol–water partition coefficient (Wildman–Crippen LogP) is 2.29. The van der Waals surface area contributed by atoms with Crippen molar-refractivity contribution in [3.05, 3.63) is 12.2 Å². The van der Waals surface area contributed by atoms with E-state index < -0.39 is 0 Å². The fourth-order valence-electron chi connectivity index (χ4n) is 1.55. The van der Waals surface area contributed by atoms with Gasteiger partial charge in [-0.1, -0.05) is 26.0 Å². The maximum atomic E-state index is 2.54. The Labute approximate surface area is 70.1 Å². The Morgan fingerprint density at radius 1 is 1.36 bits per heavy atom. The first-order chi connectivity index (χ1) is 5.29. The van der Waals surface area contributed by atoms with Crippen LogP contribution < -0.4 is 0 Å². The zero-order valence-electron chi connectivity index (χ0n) is 7.71. The van der Waals surface area contributed by atoms with Gasteiger partial charge in [0.2, 0.25) is 0 Å². The third kappa shape index (κ3) is 3.57. The second-order valence-corrected chi connectivity index (χ2v) is 3.77. The Bertz CT molecular complexity index is 127. The van der Waals surface area contributed by atoms with Crippen LogP contribution in [0.25, 0.3) is 0 Å². The molecule has 0 aliphatic carbocycles. The predicted molar refractivity (Wildman–Crippen MR) is 49.7 cm³/mol. The van der Waals surface area contributed by atoms with Gasteiger partial charge in [-0.3, -0.25) is 4.90 Å². The average molecular weight is 153 g/mol. The first-order valence-corrected chi connectivity index (χ1v) is 4.66. The van der Waals surface area contributed by atoms with Gasteiger partial charge in [0.25, 0.3) is 0 Å². The maximum absolute atomic E-state index is 2.54. The molecule has 0 aromatic heterocycles. The highest BCUT2D eigenvalue weighted by Gasteiger charge is 2.06. The molecule has 1 aliphatic rings. The molecule has 0 saturated carbocycles. The van der Waals surface area contributed by atoms with Crippen LogP contribution in [0, 0.1) is 5.92 Å². The first-order valence-electron chi connectivity index (χ1n) is 4.66. The molecular formula is C10H19N. The average Bonchev–Trinajstić information content (AvgIpc) is 2.14. The van der Waals surface area contributed by atoms with E-state index in [0.717, 1.165) is 12.5 Å². The van der Waals surface area contributed by atoms with Crippen molar-refractivity contribution in [2.24, 2.45) is 5.92 Å². The lowest BCUT2D eigenvalue weighted by atomic mass is 10.2. The van der Waals surface area contributed by atoms with Crippen LogP contribution in [0.4, 0.5) is 0 Å². The highest BCUT2D eigenvalue weighted by molar-refractivity contribution is 4.88. The van der Waals surface area contributed by atoms with Gasteiger partial charge in [-0.25, -0.2) is 0 Å². The summed E-state index contributed by atoms with van der Waals surface area (Å²) in [6.45, 7) is 8.27. The Morgan fingerprint density at radius 2 is 2.18 bits per heavy atom. The van der Waals surface area contributed by atoms with E-state index in [4.69, 9.17) is 0 Å².